The molecule has 0 spiro atoms. The van der Waals surface area contributed by atoms with E-state index in [1.54, 1.807) is 19.5 Å². The first-order valence-corrected chi connectivity index (χ1v) is 8.73. The van der Waals surface area contributed by atoms with Crippen LogP contribution >= 0.6 is 0 Å². The average Bonchev–Trinajstić information content (AvgIpc) is 2.75. The molecule has 26 heavy (non-hydrogen) atoms. The molecule has 1 saturated heterocycles. The Hall–Kier alpha value is -2.92. The Morgan fingerprint density at radius 2 is 1.65 bits per heavy atom. The van der Waals surface area contributed by atoms with E-state index < -0.39 is 0 Å². The molecule has 0 unspecified atom stereocenters. The van der Waals surface area contributed by atoms with Crippen molar-refractivity contribution in [3.05, 3.63) is 60.9 Å². The molecule has 5 nitrogen and oxygen atoms in total. The molecule has 3 aromatic rings. The second-order valence-electron chi connectivity index (χ2n) is 6.17. The van der Waals surface area contributed by atoms with E-state index >= 15 is 0 Å². The fraction of sp³-hybridized carbons (Fsp3) is 0.238. The number of benzene rings is 2. The summed E-state index contributed by atoms with van der Waals surface area (Å²) in [5, 5.41) is 0. The maximum atomic E-state index is 5.42. The summed E-state index contributed by atoms with van der Waals surface area (Å²) in [5.74, 6) is 0.810. The molecule has 4 rings (SSSR count). The molecule has 0 radical (unpaired) electrons. The normalized spacial score (nSPS) is 14.3. The summed E-state index contributed by atoms with van der Waals surface area (Å²) in [6, 6.07) is 16.3. The average molecular weight is 347 g/mol. The lowest BCUT2D eigenvalue weighted by Gasteiger charge is -2.28. The minimum Gasteiger partial charge on any atom is -0.497 e. The van der Waals surface area contributed by atoms with Gasteiger partial charge in [0.2, 0.25) is 0 Å². The highest BCUT2D eigenvalue weighted by molar-refractivity contribution is 5.67. The van der Waals surface area contributed by atoms with Crippen molar-refractivity contribution in [1.29, 1.82) is 0 Å². The van der Waals surface area contributed by atoms with Gasteiger partial charge < -0.3 is 14.4 Å². The highest BCUT2D eigenvalue weighted by Gasteiger charge is 2.11. The summed E-state index contributed by atoms with van der Waals surface area (Å²) in [5.41, 5.74) is 4.95. The van der Waals surface area contributed by atoms with Crippen LogP contribution in [0.2, 0.25) is 0 Å². The van der Waals surface area contributed by atoms with Crippen molar-refractivity contribution in [3.63, 3.8) is 0 Å². The van der Waals surface area contributed by atoms with E-state index in [0.29, 0.717) is 0 Å². The summed E-state index contributed by atoms with van der Waals surface area (Å²) in [7, 11) is 1.66. The maximum absolute atomic E-state index is 5.42. The van der Waals surface area contributed by atoms with Crippen LogP contribution in [0.4, 0.5) is 5.69 Å². The van der Waals surface area contributed by atoms with Crippen molar-refractivity contribution in [2.45, 2.75) is 0 Å². The highest BCUT2D eigenvalue weighted by Crippen LogP contribution is 2.26. The number of anilines is 1. The van der Waals surface area contributed by atoms with Gasteiger partial charge in [-0.1, -0.05) is 24.3 Å². The van der Waals surface area contributed by atoms with Crippen LogP contribution in [0.5, 0.6) is 5.75 Å². The molecule has 2 heterocycles. The van der Waals surface area contributed by atoms with E-state index in [-0.39, 0.29) is 0 Å². The number of morpholine rings is 1. The second-order valence-corrected chi connectivity index (χ2v) is 6.17. The Morgan fingerprint density at radius 3 is 2.38 bits per heavy atom. The number of hydrogen-bond acceptors (Lipinski definition) is 5. The van der Waals surface area contributed by atoms with Crippen molar-refractivity contribution < 1.29 is 9.47 Å². The third kappa shape index (κ3) is 3.53. The lowest BCUT2D eigenvalue weighted by Crippen LogP contribution is -2.36. The molecule has 1 aromatic heterocycles. The van der Waals surface area contributed by atoms with Crippen LogP contribution in [0.25, 0.3) is 22.5 Å². The van der Waals surface area contributed by atoms with Crippen LogP contribution in [0, 0.1) is 0 Å². The van der Waals surface area contributed by atoms with Gasteiger partial charge >= 0.3 is 0 Å². The van der Waals surface area contributed by atoms with Gasteiger partial charge in [-0.2, -0.15) is 0 Å². The zero-order valence-electron chi connectivity index (χ0n) is 14.8. The maximum Gasteiger partial charge on any atom is 0.119 e. The molecule has 2 aromatic carbocycles. The van der Waals surface area contributed by atoms with Gasteiger partial charge in [0.25, 0.3) is 0 Å². The molecule has 5 heteroatoms. The molecule has 0 amide bonds. The van der Waals surface area contributed by atoms with E-state index in [1.807, 2.05) is 24.3 Å². The Balaban J connectivity index is 1.59. The first-order chi connectivity index (χ1) is 12.8. The van der Waals surface area contributed by atoms with Crippen LogP contribution in [0.15, 0.2) is 60.9 Å². The van der Waals surface area contributed by atoms with Gasteiger partial charge in [-0.05, 0) is 24.3 Å². The van der Waals surface area contributed by atoms with E-state index in [2.05, 4.69) is 34.1 Å². The second kappa shape index (κ2) is 7.54. The smallest absolute Gasteiger partial charge is 0.119 e. The number of rotatable bonds is 4. The SMILES string of the molecule is COc1cccc(-c2cncc(-c3ccc(N4CCOCC4)cc3)n2)c1. The van der Waals surface area contributed by atoms with Crippen molar-refractivity contribution in [2.24, 2.45) is 0 Å². The van der Waals surface area contributed by atoms with Crippen LogP contribution < -0.4 is 9.64 Å². The molecule has 1 aliphatic rings. The van der Waals surface area contributed by atoms with Gasteiger partial charge in [0.15, 0.2) is 0 Å². The molecule has 0 bridgehead atoms. The standard InChI is InChI=1S/C21H21N3O2/c1-25-19-4-2-3-17(13-19)21-15-22-14-20(23-21)16-5-7-18(8-6-16)24-9-11-26-12-10-24/h2-8,13-15H,9-12H2,1H3. The summed E-state index contributed by atoms with van der Waals surface area (Å²) in [6.07, 6.45) is 3.58. The van der Waals surface area contributed by atoms with Crippen molar-refractivity contribution in [2.75, 3.05) is 38.3 Å². The van der Waals surface area contributed by atoms with E-state index in [9.17, 15) is 0 Å². The molecule has 0 N–H and O–H groups in total. The third-order valence-electron chi connectivity index (χ3n) is 4.54. The molecule has 1 aliphatic heterocycles. The Kier molecular flexibility index (Phi) is 4.80. The molecule has 0 aliphatic carbocycles. The fourth-order valence-electron chi connectivity index (χ4n) is 3.09. The molecular weight excluding hydrogens is 326 g/mol. The van der Waals surface area contributed by atoms with E-state index in [1.165, 1.54) is 5.69 Å². The van der Waals surface area contributed by atoms with Crippen molar-refractivity contribution >= 4 is 5.69 Å². The predicted molar refractivity (Wildman–Crippen MR) is 102 cm³/mol. The van der Waals surface area contributed by atoms with E-state index in [0.717, 1.165) is 54.6 Å². The molecule has 0 saturated carbocycles. The number of ether oxygens (including phenoxy) is 2. The zero-order valence-corrected chi connectivity index (χ0v) is 14.8. The van der Waals surface area contributed by atoms with Gasteiger partial charge in [0.05, 0.1) is 44.1 Å². The first-order valence-electron chi connectivity index (χ1n) is 8.73. The molecule has 132 valence electrons. The Morgan fingerprint density at radius 1 is 0.923 bits per heavy atom. The first kappa shape index (κ1) is 16.5. The largest absolute Gasteiger partial charge is 0.497 e. The molecule has 0 atom stereocenters. The van der Waals surface area contributed by atoms with Gasteiger partial charge in [-0.15, -0.1) is 0 Å². The summed E-state index contributed by atoms with van der Waals surface area (Å²) in [6.45, 7) is 3.45. The predicted octanol–water partition coefficient (Wildman–Crippen LogP) is 3.66. The van der Waals surface area contributed by atoms with Crippen molar-refractivity contribution in [3.8, 4) is 28.3 Å². The van der Waals surface area contributed by atoms with Gasteiger partial charge in [-0.3, -0.25) is 4.98 Å². The van der Waals surface area contributed by atoms with Crippen LogP contribution in [-0.2, 0) is 4.74 Å². The quantitative estimate of drug-likeness (QED) is 0.721. The molecule has 1 fully saturated rings. The van der Waals surface area contributed by atoms with Crippen LogP contribution in [0.1, 0.15) is 0 Å². The fourth-order valence-corrected chi connectivity index (χ4v) is 3.09. The topological polar surface area (TPSA) is 47.5 Å². The number of aromatic nitrogens is 2. The summed E-state index contributed by atoms with van der Waals surface area (Å²) >= 11 is 0. The number of nitrogens with zero attached hydrogens (tertiary/aromatic N) is 3. The van der Waals surface area contributed by atoms with E-state index in [4.69, 9.17) is 14.5 Å². The Labute approximate surface area is 153 Å². The highest BCUT2D eigenvalue weighted by atomic mass is 16.5. The summed E-state index contributed by atoms with van der Waals surface area (Å²) < 4.78 is 10.7. The number of hydrogen-bond donors (Lipinski definition) is 0. The number of methoxy groups -OCH3 is 1. The summed E-state index contributed by atoms with van der Waals surface area (Å²) in [4.78, 5) is 11.5. The lowest BCUT2D eigenvalue weighted by molar-refractivity contribution is 0.122. The van der Waals surface area contributed by atoms with Gasteiger partial charge in [0, 0.05) is 29.9 Å². The molecular formula is C21H21N3O2. The Bertz CT molecular complexity index is 874. The van der Waals surface area contributed by atoms with Crippen LogP contribution in [0.3, 0.4) is 0 Å². The van der Waals surface area contributed by atoms with Gasteiger partial charge in [0.1, 0.15) is 5.75 Å². The lowest BCUT2D eigenvalue weighted by atomic mass is 10.1. The minimum atomic E-state index is 0.788. The monoisotopic (exact) mass is 347 g/mol. The third-order valence-corrected chi connectivity index (χ3v) is 4.54. The minimum absolute atomic E-state index is 0.788. The van der Waals surface area contributed by atoms with Gasteiger partial charge in [-0.25, -0.2) is 4.98 Å². The van der Waals surface area contributed by atoms with Crippen LogP contribution in [-0.4, -0.2) is 43.4 Å². The van der Waals surface area contributed by atoms with Crippen molar-refractivity contribution in [1.82, 2.24) is 9.97 Å². The zero-order chi connectivity index (χ0) is 17.8.